The summed E-state index contributed by atoms with van der Waals surface area (Å²) in [5, 5.41) is 14.9. The first-order chi connectivity index (χ1) is 8.58. The Hall–Kier alpha value is -1.89. The molecular weight excluding hydrogens is 240 g/mol. The number of carboxylic acids is 1. The van der Waals surface area contributed by atoms with Gasteiger partial charge in [-0.15, -0.1) is 0 Å². The molecule has 2 atom stereocenters. The Morgan fingerprint density at radius 2 is 2.33 bits per heavy atom. The van der Waals surface area contributed by atoms with Gasteiger partial charge in [-0.05, 0) is 19.8 Å². The zero-order chi connectivity index (χ0) is 13.1. The van der Waals surface area contributed by atoms with Crippen molar-refractivity contribution in [2.75, 3.05) is 6.54 Å². The van der Waals surface area contributed by atoms with Crippen LogP contribution in [-0.2, 0) is 9.53 Å². The van der Waals surface area contributed by atoms with Gasteiger partial charge in [-0.1, -0.05) is 5.16 Å². The molecule has 2 heterocycles. The highest BCUT2D eigenvalue weighted by Gasteiger charge is 2.30. The monoisotopic (exact) mass is 254 g/mol. The maximum atomic E-state index is 11.7. The van der Waals surface area contributed by atoms with Crippen LogP contribution < -0.4 is 5.32 Å². The normalized spacial score (nSPS) is 22.9. The van der Waals surface area contributed by atoms with Gasteiger partial charge in [0.05, 0.1) is 12.3 Å². The minimum atomic E-state index is -0.960. The molecule has 0 spiro atoms. The van der Waals surface area contributed by atoms with Gasteiger partial charge in [-0.3, -0.25) is 4.79 Å². The maximum Gasteiger partial charge on any atom is 0.332 e. The molecule has 7 nitrogen and oxygen atoms in total. The zero-order valence-electron chi connectivity index (χ0n) is 9.88. The van der Waals surface area contributed by atoms with Gasteiger partial charge in [0, 0.05) is 6.54 Å². The van der Waals surface area contributed by atoms with Crippen molar-refractivity contribution in [3.8, 4) is 0 Å². The Morgan fingerprint density at radius 3 is 2.89 bits per heavy atom. The first-order valence-corrected chi connectivity index (χ1v) is 5.65. The van der Waals surface area contributed by atoms with Crippen LogP contribution in [0.25, 0.3) is 0 Å². The van der Waals surface area contributed by atoms with E-state index in [4.69, 9.17) is 14.4 Å². The van der Waals surface area contributed by atoms with E-state index in [1.54, 1.807) is 6.92 Å². The molecule has 98 valence electrons. The van der Waals surface area contributed by atoms with E-state index in [-0.39, 0.29) is 18.6 Å². The Bertz CT molecular complexity index is 456. The van der Waals surface area contributed by atoms with E-state index in [1.165, 1.54) is 6.20 Å². The average molecular weight is 254 g/mol. The highest BCUT2D eigenvalue weighted by atomic mass is 16.5. The number of amides is 1. The number of carbonyl (C=O) groups is 2. The molecule has 1 saturated heterocycles. The molecule has 2 N–H and O–H groups in total. The molecule has 7 heteroatoms. The Kier molecular flexibility index (Phi) is 3.61. The lowest BCUT2D eigenvalue weighted by atomic mass is 10.2. The van der Waals surface area contributed by atoms with Crippen molar-refractivity contribution in [3.05, 3.63) is 17.5 Å². The number of ether oxygens (including phenoxy) is 1. The standard InChI is InChI=1S/C11H14N2O5/c1-6-8(5-13-18-6)10(14)12-4-7-2-3-9(17-7)11(15)16/h5,7,9H,2-4H2,1H3,(H,12,14)(H,15,16). The van der Waals surface area contributed by atoms with Gasteiger partial charge in [0.15, 0.2) is 6.10 Å². The fourth-order valence-corrected chi connectivity index (χ4v) is 1.86. The number of carboxylic acid groups (broad SMARTS) is 1. The lowest BCUT2D eigenvalue weighted by Gasteiger charge is -2.11. The third-order valence-corrected chi connectivity index (χ3v) is 2.87. The molecular formula is C11H14N2O5. The molecule has 0 aromatic carbocycles. The summed E-state index contributed by atoms with van der Waals surface area (Å²) in [6, 6.07) is 0. The van der Waals surface area contributed by atoms with Gasteiger partial charge < -0.3 is 19.7 Å². The minimum absolute atomic E-state index is 0.254. The van der Waals surface area contributed by atoms with Gasteiger partial charge in [0.2, 0.25) is 0 Å². The number of nitrogens with one attached hydrogen (secondary N) is 1. The van der Waals surface area contributed by atoms with Crippen LogP contribution in [0.1, 0.15) is 29.0 Å². The van der Waals surface area contributed by atoms with Crippen molar-refractivity contribution in [2.45, 2.75) is 32.0 Å². The summed E-state index contributed by atoms with van der Waals surface area (Å²) < 4.78 is 10.1. The largest absolute Gasteiger partial charge is 0.479 e. The summed E-state index contributed by atoms with van der Waals surface area (Å²) in [7, 11) is 0. The molecule has 2 rings (SSSR count). The van der Waals surface area contributed by atoms with Gasteiger partial charge >= 0.3 is 5.97 Å². The molecule has 1 aliphatic heterocycles. The first-order valence-electron chi connectivity index (χ1n) is 5.65. The number of nitrogens with zero attached hydrogens (tertiary/aromatic N) is 1. The van der Waals surface area contributed by atoms with E-state index < -0.39 is 12.1 Å². The summed E-state index contributed by atoms with van der Waals surface area (Å²) in [4.78, 5) is 22.4. The van der Waals surface area contributed by atoms with E-state index in [0.717, 1.165) is 0 Å². The van der Waals surface area contributed by atoms with E-state index in [9.17, 15) is 9.59 Å². The average Bonchev–Trinajstić information content (AvgIpc) is 2.94. The molecule has 1 aromatic heterocycles. The van der Waals surface area contributed by atoms with Crippen molar-refractivity contribution in [1.29, 1.82) is 0 Å². The third-order valence-electron chi connectivity index (χ3n) is 2.87. The number of hydrogen-bond donors (Lipinski definition) is 2. The lowest BCUT2D eigenvalue weighted by Crippen LogP contribution is -2.33. The summed E-state index contributed by atoms with van der Waals surface area (Å²) in [6.07, 6.45) is 1.43. The number of hydrogen-bond acceptors (Lipinski definition) is 5. The second-order valence-electron chi connectivity index (χ2n) is 4.17. The fraction of sp³-hybridized carbons (Fsp3) is 0.545. The summed E-state index contributed by atoms with van der Waals surface area (Å²) >= 11 is 0. The fourth-order valence-electron chi connectivity index (χ4n) is 1.86. The number of aryl methyl sites for hydroxylation is 1. The van der Waals surface area contributed by atoms with Gasteiger partial charge in [0.1, 0.15) is 11.3 Å². The zero-order valence-corrected chi connectivity index (χ0v) is 9.88. The molecule has 0 aliphatic carbocycles. The van der Waals surface area contributed by atoms with E-state index in [2.05, 4.69) is 10.5 Å². The highest BCUT2D eigenvalue weighted by Crippen LogP contribution is 2.19. The smallest absolute Gasteiger partial charge is 0.332 e. The highest BCUT2D eigenvalue weighted by molar-refractivity contribution is 5.94. The van der Waals surface area contributed by atoms with Gasteiger partial charge in [-0.25, -0.2) is 4.79 Å². The van der Waals surface area contributed by atoms with Crippen LogP contribution in [0, 0.1) is 6.92 Å². The molecule has 18 heavy (non-hydrogen) atoms. The van der Waals surface area contributed by atoms with Crippen molar-refractivity contribution in [2.24, 2.45) is 0 Å². The molecule has 1 aromatic rings. The summed E-state index contributed by atoms with van der Waals surface area (Å²) in [5.41, 5.74) is 0.378. The molecule has 0 saturated carbocycles. The van der Waals surface area contributed by atoms with Crippen LogP contribution in [0.2, 0.25) is 0 Å². The Labute approximate surface area is 103 Å². The van der Waals surface area contributed by atoms with Crippen LogP contribution >= 0.6 is 0 Å². The maximum absolute atomic E-state index is 11.7. The molecule has 1 aliphatic rings. The van der Waals surface area contributed by atoms with E-state index in [0.29, 0.717) is 24.2 Å². The number of carbonyl (C=O) groups excluding carboxylic acids is 1. The Balaban J connectivity index is 1.81. The second kappa shape index (κ2) is 5.18. The van der Waals surface area contributed by atoms with Crippen LogP contribution in [0.3, 0.4) is 0 Å². The van der Waals surface area contributed by atoms with Gasteiger partial charge in [-0.2, -0.15) is 0 Å². The van der Waals surface area contributed by atoms with Crippen LogP contribution in [0.5, 0.6) is 0 Å². The number of rotatable bonds is 4. The lowest BCUT2D eigenvalue weighted by molar-refractivity contribution is -0.149. The number of aliphatic carboxylic acids is 1. The minimum Gasteiger partial charge on any atom is -0.479 e. The molecule has 1 amide bonds. The second-order valence-corrected chi connectivity index (χ2v) is 4.17. The quantitative estimate of drug-likeness (QED) is 0.803. The van der Waals surface area contributed by atoms with Gasteiger partial charge in [0.25, 0.3) is 5.91 Å². The van der Waals surface area contributed by atoms with Crippen molar-refractivity contribution >= 4 is 11.9 Å². The molecule has 0 radical (unpaired) electrons. The molecule has 1 fully saturated rings. The topological polar surface area (TPSA) is 102 Å². The molecule has 2 unspecified atom stereocenters. The first kappa shape index (κ1) is 12.6. The van der Waals surface area contributed by atoms with Crippen LogP contribution in [-0.4, -0.2) is 40.9 Å². The predicted molar refractivity (Wildman–Crippen MR) is 59.1 cm³/mol. The summed E-state index contributed by atoms with van der Waals surface area (Å²) in [5.74, 6) is -0.807. The SMILES string of the molecule is Cc1oncc1C(=O)NCC1CCC(C(=O)O)O1. The van der Waals surface area contributed by atoms with Crippen molar-refractivity contribution < 1.29 is 24.0 Å². The van der Waals surface area contributed by atoms with E-state index in [1.807, 2.05) is 0 Å². The van der Waals surface area contributed by atoms with Crippen molar-refractivity contribution in [1.82, 2.24) is 10.5 Å². The third kappa shape index (κ3) is 2.67. The van der Waals surface area contributed by atoms with Crippen LogP contribution in [0.15, 0.2) is 10.7 Å². The summed E-state index contributed by atoms with van der Waals surface area (Å²) in [6.45, 7) is 1.93. The Morgan fingerprint density at radius 1 is 1.56 bits per heavy atom. The van der Waals surface area contributed by atoms with Crippen LogP contribution in [0.4, 0.5) is 0 Å². The number of aromatic nitrogens is 1. The molecule has 0 bridgehead atoms. The van der Waals surface area contributed by atoms with E-state index >= 15 is 0 Å². The predicted octanol–water partition coefficient (Wildman–Crippen LogP) is 0.345. The van der Waals surface area contributed by atoms with Crippen molar-refractivity contribution in [3.63, 3.8) is 0 Å².